The van der Waals surface area contributed by atoms with Crippen LogP contribution in [0.4, 0.5) is 8.78 Å². The van der Waals surface area contributed by atoms with Gasteiger partial charge >= 0.3 is 6.61 Å². The van der Waals surface area contributed by atoms with Crippen LogP contribution in [0.5, 0.6) is 5.75 Å². The molecule has 0 aliphatic carbocycles. The van der Waals surface area contributed by atoms with E-state index in [4.69, 9.17) is 5.73 Å². The van der Waals surface area contributed by atoms with Crippen molar-refractivity contribution in [3.63, 3.8) is 0 Å². The lowest BCUT2D eigenvalue weighted by molar-refractivity contribution is -0.0498. The summed E-state index contributed by atoms with van der Waals surface area (Å²) in [5.41, 5.74) is 7.83. The van der Waals surface area contributed by atoms with E-state index in [2.05, 4.69) is 17.7 Å². The minimum Gasteiger partial charge on any atom is -0.435 e. The van der Waals surface area contributed by atoms with Crippen molar-refractivity contribution in [2.45, 2.75) is 32.8 Å². The van der Waals surface area contributed by atoms with E-state index < -0.39 is 6.61 Å². The minimum atomic E-state index is -2.77. The lowest BCUT2D eigenvalue weighted by Gasteiger charge is -2.06. The third-order valence-corrected chi connectivity index (χ3v) is 2.62. The van der Waals surface area contributed by atoms with E-state index >= 15 is 0 Å². The summed E-state index contributed by atoms with van der Waals surface area (Å²) in [4.78, 5) is 0. The van der Waals surface area contributed by atoms with Gasteiger partial charge < -0.3 is 10.5 Å². The van der Waals surface area contributed by atoms with Gasteiger partial charge in [-0.3, -0.25) is 0 Å². The first-order chi connectivity index (χ1) is 8.61. The van der Waals surface area contributed by atoms with Crippen molar-refractivity contribution in [2.75, 3.05) is 6.54 Å². The van der Waals surface area contributed by atoms with E-state index in [0.717, 1.165) is 24.8 Å². The fourth-order valence-electron chi connectivity index (χ4n) is 1.61. The molecule has 2 nitrogen and oxygen atoms in total. The maximum absolute atomic E-state index is 12.0. The van der Waals surface area contributed by atoms with Crippen LogP contribution in [0.15, 0.2) is 35.9 Å². The molecule has 1 aromatic carbocycles. The monoisotopic (exact) mass is 255 g/mol. The Morgan fingerprint density at radius 3 is 2.56 bits per heavy atom. The average molecular weight is 255 g/mol. The SMILES string of the molecule is CC(=CCCN)CCc1ccc(OC(F)F)cc1. The fraction of sp³-hybridized carbons (Fsp3) is 0.429. The van der Waals surface area contributed by atoms with E-state index in [0.29, 0.717) is 6.54 Å². The van der Waals surface area contributed by atoms with Gasteiger partial charge in [0.2, 0.25) is 0 Å². The van der Waals surface area contributed by atoms with Gasteiger partial charge in [-0.1, -0.05) is 23.8 Å². The van der Waals surface area contributed by atoms with Crippen molar-refractivity contribution in [3.8, 4) is 5.75 Å². The van der Waals surface area contributed by atoms with Crippen molar-refractivity contribution in [2.24, 2.45) is 5.73 Å². The molecule has 0 spiro atoms. The second-order valence-electron chi connectivity index (χ2n) is 4.15. The molecule has 0 saturated carbocycles. The molecule has 0 heterocycles. The zero-order valence-electron chi connectivity index (χ0n) is 10.5. The van der Waals surface area contributed by atoms with E-state index in [1.54, 1.807) is 12.1 Å². The van der Waals surface area contributed by atoms with Gasteiger partial charge in [-0.05, 0) is 50.4 Å². The summed E-state index contributed by atoms with van der Waals surface area (Å²) in [6.45, 7) is -0.0294. The first kappa shape index (κ1) is 14.6. The van der Waals surface area contributed by atoms with Gasteiger partial charge in [0.15, 0.2) is 0 Å². The molecule has 0 aliphatic heterocycles. The third-order valence-electron chi connectivity index (χ3n) is 2.62. The number of halogens is 2. The van der Waals surface area contributed by atoms with Crippen LogP contribution in [0, 0.1) is 0 Å². The Bertz CT molecular complexity index is 374. The quantitative estimate of drug-likeness (QED) is 0.757. The van der Waals surface area contributed by atoms with Crippen LogP contribution in [0.3, 0.4) is 0 Å². The number of hydrogen-bond acceptors (Lipinski definition) is 2. The Morgan fingerprint density at radius 2 is 2.00 bits per heavy atom. The van der Waals surface area contributed by atoms with Gasteiger partial charge in [0.1, 0.15) is 5.75 Å². The summed E-state index contributed by atoms with van der Waals surface area (Å²) in [7, 11) is 0. The maximum Gasteiger partial charge on any atom is 0.387 e. The van der Waals surface area contributed by atoms with Crippen LogP contribution in [-0.4, -0.2) is 13.2 Å². The number of allylic oxidation sites excluding steroid dienone is 1. The smallest absolute Gasteiger partial charge is 0.387 e. The lowest BCUT2D eigenvalue weighted by Crippen LogP contribution is -2.01. The summed E-state index contributed by atoms with van der Waals surface area (Å²) >= 11 is 0. The van der Waals surface area contributed by atoms with Crippen LogP contribution in [0.2, 0.25) is 0 Å². The molecule has 100 valence electrons. The molecule has 18 heavy (non-hydrogen) atoms. The molecule has 0 saturated heterocycles. The van der Waals surface area contributed by atoms with E-state index in [9.17, 15) is 8.78 Å². The summed E-state index contributed by atoms with van der Waals surface area (Å²) in [5, 5.41) is 0. The summed E-state index contributed by atoms with van der Waals surface area (Å²) in [5.74, 6) is 0.198. The summed E-state index contributed by atoms with van der Waals surface area (Å²) < 4.78 is 28.2. The molecule has 0 radical (unpaired) electrons. The van der Waals surface area contributed by atoms with Gasteiger partial charge in [0.25, 0.3) is 0 Å². The number of ether oxygens (including phenoxy) is 1. The molecule has 0 unspecified atom stereocenters. The van der Waals surface area contributed by atoms with Gasteiger partial charge in [0.05, 0.1) is 0 Å². The highest BCUT2D eigenvalue weighted by atomic mass is 19.3. The number of nitrogens with two attached hydrogens (primary N) is 1. The summed E-state index contributed by atoms with van der Waals surface area (Å²) in [6, 6.07) is 6.77. The van der Waals surface area contributed by atoms with Crippen molar-refractivity contribution >= 4 is 0 Å². The third kappa shape index (κ3) is 5.77. The van der Waals surface area contributed by atoms with E-state index in [-0.39, 0.29) is 5.75 Å². The van der Waals surface area contributed by atoms with Gasteiger partial charge in [0, 0.05) is 0 Å². The first-order valence-corrected chi connectivity index (χ1v) is 6.01. The number of aryl methyl sites for hydroxylation is 1. The Morgan fingerprint density at radius 1 is 1.33 bits per heavy atom. The highest BCUT2D eigenvalue weighted by Crippen LogP contribution is 2.17. The Labute approximate surface area is 106 Å². The molecule has 0 bridgehead atoms. The molecular formula is C14H19F2NO. The number of alkyl halides is 2. The molecule has 0 aromatic heterocycles. The maximum atomic E-state index is 12.0. The fourth-order valence-corrected chi connectivity index (χ4v) is 1.61. The first-order valence-electron chi connectivity index (χ1n) is 6.01. The predicted molar refractivity (Wildman–Crippen MR) is 68.8 cm³/mol. The van der Waals surface area contributed by atoms with Crippen molar-refractivity contribution in [1.29, 1.82) is 0 Å². The number of hydrogen-bond donors (Lipinski definition) is 1. The molecule has 2 N–H and O–H groups in total. The second kappa shape index (κ2) is 7.82. The molecular weight excluding hydrogens is 236 g/mol. The van der Waals surface area contributed by atoms with Crippen LogP contribution >= 0.6 is 0 Å². The zero-order valence-corrected chi connectivity index (χ0v) is 10.5. The largest absolute Gasteiger partial charge is 0.435 e. The highest BCUT2D eigenvalue weighted by Gasteiger charge is 2.03. The molecule has 1 rings (SSSR count). The molecule has 0 atom stereocenters. The standard InChI is InChI=1S/C14H19F2NO/c1-11(3-2-10-17)4-5-12-6-8-13(9-7-12)18-14(15)16/h3,6-9,14H,2,4-5,10,17H2,1H3. The minimum absolute atomic E-state index is 0.198. The zero-order chi connectivity index (χ0) is 13.4. The molecule has 4 heteroatoms. The van der Waals surface area contributed by atoms with Gasteiger partial charge in [-0.2, -0.15) is 8.78 Å². The Balaban J connectivity index is 2.44. The molecule has 0 fully saturated rings. The molecule has 1 aromatic rings. The van der Waals surface area contributed by atoms with Crippen molar-refractivity contribution in [3.05, 3.63) is 41.5 Å². The van der Waals surface area contributed by atoms with Gasteiger partial charge in [-0.25, -0.2) is 0 Å². The number of rotatable bonds is 7. The Hall–Kier alpha value is -1.42. The van der Waals surface area contributed by atoms with E-state index in [1.807, 2.05) is 12.1 Å². The van der Waals surface area contributed by atoms with Crippen molar-refractivity contribution < 1.29 is 13.5 Å². The average Bonchev–Trinajstić information content (AvgIpc) is 2.35. The van der Waals surface area contributed by atoms with Crippen molar-refractivity contribution in [1.82, 2.24) is 0 Å². The van der Waals surface area contributed by atoms with Crippen LogP contribution in [-0.2, 0) is 6.42 Å². The summed E-state index contributed by atoms with van der Waals surface area (Å²) in [6.07, 6.45) is 4.87. The van der Waals surface area contributed by atoms with Crippen LogP contribution < -0.4 is 10.5 Å². The van der Waals surface area contributed by atoms with Crippen LogP contribution in [0.1, 0.15) is 25.3 Å². The predicted octanol–water partition coefficient (Wildman–Crippen LogP) is 3.52. The molecule has 0 aliphatic rings. The van der Waals surface area contributed by atoms with Crippen LogP contribution in [0.25, 0.3) is 0 Å². The Kier molecular flexibility index (Phi) is 6.36. The molecule has 0 amide bonds. The normalized spacial score (nSPS) is 11.9. The lowest BCUT2D eigenvalue weighted by atomic mass is 10.0. The van der Waals surface area contributed by atoms with E-state index in [1.165, 1.54) is 5.57 Å². The number of benzene rings is 1. The van der Waals surface area contributed by atoms with Gasteiger partial charge in [-0.15, -0.1) is 0 Å². The second-order valence-corrected chi connectivity index (χ2v) is 4.15. The highest BCUT2D eigenvalue weighted by molar-refractivity contribution is 5.27. The topological polar surface area (TPSA) is 35.2 Å².